The molecule has 0 spiro atoms. The van der Waals surface area contributed by atoms with Crippen molar-refractivity contribution in [1.82, 2.24) is 0 Å². The predicted octanol–water partition coefficient (Wildman–Crippen LogP) is -1.60. The van der Waals surface area contributed by atoms with E-state index in [1.54, 1.807) is 13.8 Å². The molecule has 3 nitrogen and oxygen atoms in total. The molecule has 0 radical (unpaired) electrons. The molecular formula is C8H8KNO2. The van der Waals surface area contributed by atoms with Crippen LogP contribution in [-0.4, -0.2) is 11.5 Å². The number of carbonyl (C=O) groups is 1. The zero-order valence-corrected chi connectivity index (χ0v) is 10.5. The molecule has 0 saturated carbocycles. The first kappa shape index (κ1) is 12.3. The minimum atomic E-state index is -0.0765. The Hall–Kier alpha value is 0.256. The summed E-state index contributed by atoms with van der Waals surface area (Å²) in [6.07, 6.45) is 2.81. The molecule has 0 N–H and O–H groups in total. The maximum atomic E-state index is 10.8. The van der Waals surface area contributed by atoms with Gasteiger partial charge in [0.1, 0.15) is 0 Å². The smallest absolute Gasteiger partial charge is 0.792 e. The van der Waals surface area contributed by atoms with Crippen LogP contribution in [0.25, 0.3) is 0 Å². The standard InChI is InChI=1S/C8H9NO2.K/c1-5-3-7(10)4-6(2)8(5)9-11;/h3-4,11H,1-2H3;/q;+1/p-1. The fourth-order valence-electron chi connectivity index (χ4n) is 1.06. The van der Waals surface area contributed by atoms with E-state index in [4.69, 9.17) is 0 Å². The minimum Gasteiger partial charge on any atom is -0.792 e. The van der Waals surface area contributed by atoms with Gasteiger partial charge in [-0.25, -0.2) is 0 Å². The number of nitrogens with zero attached hydrogens (tertiary/aromatic N) is 1. The van der Waals surface area contributed by atoms with Gasteiger partial charge in [-0.15, -0.1) is 0 Å². The second-order valence-electron chi connectivity index (χ2n) is 2.50. The van der Waals surface area contributed by atoms with Crippen molar-refractivity contribution in [3.8, 4) is 0 Å². The molecule has 4 heteroatoms. The van der Waals surface area contributed by atoms with Crippen LogP contribution >= 0.6 is 0 Å². The summed E-state index contributed by atoms with van der Waals surface area (Å²) in [5.74, 6) is -0.0765. The van der Waals surface area contributed by atoms with Gasteiger partial charge < -0.3 is 10.4 Å². The largest absolute Gasteiger partial charge is 1.00 e. The number of carbonyl (C=O) groups excluding carboxylic acids is 1. The normalized spacial score (nSPS) is 16.2. The van der Waals surface area contributed by atoms with Crippen molar-refractivity contribution in [2.75, 3.05) is 0 Å². The molecule has 0 heterocycles. The van der Waals surface area contributed by atoms with Crippen LogP contribution in [-0.2, 0) is 4.79 Å². The fourth-order valence-corrected chi connectivity index (χ4v) is 1.06. The quantitative estimate of drug-likeness (QED) is 0.262. The van der Waals surface area contributed by atoms with Crippen LogP contribution in [0.2, 0.25) is 0 Å². The van der Waals surface area contributed by atoms with E-state index in [-0.39, 0.29) is 57.2 Å². The van der Waals surface area contributed by atoms with Crippen molar-refractivity contribution in [3.63, 3.8) is 0 Å². The topological polar surface area (TPSA) is 52.5 Å². The van der Waals surface area contributed by atoms with Crippen LogP contribution in [0.15, 0.2) is 28.5 Å². The molecule has 0 aliphatic heterocycles. The van der Waals surface area contributed by atoms with E-state index >= 15 is 0 Å². The van der Waals surface area contributed by atoms with Crippen LogP contribution in [0.4, 0.5) is 0 Å². The second-order valence-corrected chi connectivity index (χ2v) is 2.50. The van der Waals surface area contributed by atoms with Gasteiger partial charge in [0.05, 0.1) is 5.71 Å². The Labute approximate surface area is 114 Å². The Kier molecular flexibility index (Phi) is 5.20. The van der Waals surface area contributed by atoms with Crippen molar-refractivity contribution in [2.24, 2.45) is 5.16 Å². The monoisotopic (exact) mass is 189 g/mol. The van der Waals surface area contributed by atoms with Gasteiger partial charge >= 0.3 is 51.4 Å². The molecule has 0 aromatic carbocycles. The van der Waals surface area contributed by atoms with Gasteiger partial charge in [-0.2, -0.15) is 0 Å². The van der Waals surface area contributed by atoms with Crippen LogP contribution in [0, 0.1) is 5.21 Å². The van der Waals surface area contributed by atoms with Gasteiger partial charge in [0.15, 0.2) is 5.78 Å². The van der Waals surface area contributed by atoms with Gasteiger partial charge in [-0.1, -0.05) is 0 Å². The Balaban J connectivity index is 0.00000121. The summed E-state index contributed by atoms with van der Waals surface area (Å²) in [6, 6.07) is 0. The first-order chi connectivity index (χ1) is 5.15. The Morgan fingerprint density at radius 2 is 1.67 bits per heavy atom. The summed E-state index contributed by atoms with van der Waals surface area (Å²) in [4.78, 5) is 10.8. The molecule has 0 atom stereocenters. The van der Waals surface area contributed by atoms with Crippen molar-refractivity contribution in [1.29, 1.82) is 0 Å². The number of ketones is 1. The van der Waals surface area contributed by atoms with Crippen LogP contribution in [0.5, 0.6) is 0 Å². The SMILES string of the molecule is CC1=CC(=O)C=C(C)C1=N[O-].[K+]. The molecule has 0 fully saturated rings. The summed E-state index contributed by atoms with van der Waals surface area (Å²) in [5.41, 5.74) is 1.67. The molecule has 0 unspecified atom stereocenters. The molecule has 58 valence electrons. The number of hydrogen-bond donors (Lipinski definition) is 0. The second kappa shape index (κ2) is 5.09. The maximum Gasteiger partial charge on any atom is 1.00 e. The third kappa shape index (κ3) is 2.64. The zero-order chi connectivity index (χ0) is 8.43. The third-order valence-electron chi connectivity index (χ3n) is 1.56. The van der Waals surface area contributed by atoms with Crippen LogP contribution in [0.1, 0.15) is 13.8 Å². The van der Waals surface area contributed by atoms with Gasteiger partial charge in [0.25, 0.3) is 0 Å². The summed E-state index contributed by atoms with van der Waals surface area (Å²) >= 11 is 0. The van der Waals surface area contributed by atoms with E-state index in [2.05, 4.69) is 5.16 Å². The van der Waals surface area contributed by atoms with E-state index in [0.29, 0.717) is 16.9 Å². The summed E-state index contributed by atoms with van der Waals surface area (Å²) in [7, 11) is 0. The van der Waals surface area contributed by atoms with E-state index < -0.39 is 0 Å². The average Bonchev–Trinajstić information content (AvgIpc) is 1.85. The van der Waals surface area contributed by atoms with Crippen LogP contribution in [0.3, 0.4) is 0 Å². The molecule has 0 aromatic heterocycles. The summed E-state index contributed by atoms with van der Waals surface area (Å²) in [6.45, 7) is 3.40. The Morgan fingerprint density at radius 3 is 2.00 bits per heavy atom. The molecule has 0 bridgehead atoms. The summed E-state index contributed by atoms with van der Waals surface area (Å²) < 4.78 is 0. The van der Waals surface area contributed by atoms with E-state index in [0.717, 1.165) is 0 Å². The molecule has 1 aliphatic carbocycles. The van der Waals surface area contributed by atoms with Crippen LogP contribution < -0.4 is 51.4 Å². The van der Waals surface area contributed by atoms with Gasteiger partial charge in [-0.3, -0.25) is 4.79 Å². The van der Waals surface area contributed by atoms with Gasteiger partial charge in [-0.05, 0) is 37.1 Å². The van der Waals surface area contributed by atoms with E-state index in [1.165, 1.54) is 12.2 Å². The molecule has 1 aliphatic rings. The molecule has 12 heavy (non-hydrogen) atoms. The maximum absolute atomic E-state index is 10.8. The van der Waals surface area contributed by atoms with Crippen molar-refractivity contribution < 1.29 is 56.2 Å². The van der Waals surface area contributed by atoms with Crippen molar-refractivity contribution >= 4 is 11.5 Å². The Morgan fingerprint density at radius 1 is 1.25 bits per heavy atom. The first-order valence-corrected chi connectivity index (χ1v) is 3.27. The van der Waals surface area contributed by atoms with Gasteiger partial charge in [0.2, 0.25) is 0 Å². The third-order valence-corrected chi connectivity index (χ3v) is 1.56. The first-order valence-electron chi connectivity index (χ1n) is 3.27. The van der Waals surface area contributed by atoms with Crippen molar-refractivity contribution in [3.05, 3.63) is 28.5 Å². The molecule has 1 rings (SSSR count). The number of hydrogen-bond acceptors (Lipinski definition) is 3. The number of allylic oxidation sites excluding steroid dienone is 4. The predicted molar refractivity (Wildman–Crippen MR) is 43.3 cm³/mol. The molecular weight excluding hydrogens is 181 g/mol. The summed E-state index contributed by atoms with van der Waals surface area (Å²) in [5, 5.41) is 13.0. The molecule has 0 saturated heterocycles. The molecule has 0 aromatic rings. The molecule has 0 amide bonds. The van der Waals surface area contributed by atoms with E-state index in [9.17, 15) is 10.0 Å². The zero-order valence-electron chi connectivity index (χ0n) is 7.42. The van der Waals surface area contributed by atoms with E-state index in [1.807, 2.05) is 0 Å². The Bertz CT molecular complexity index is 265. The average molecular weight is 189 g/mol. The minimum absolute atomic E-state index is 0. The number of rotatable bonds is 0. The van der Waals surface area contributed by atoms with Crippen molar-refractivity contribution in [2.45, 2.75) is 13.8 Å². The fraction of sp³-hybridized carbons (Fsp3) is 0.250. The van der Waals surface area contributed by atoms with Gasteiger partial charge in [0, 0.05) is 0 Å².